The van der Waals surface area contributed by atoms with Gasteiger partial charge in [0.1, 0.15) is 18.3 Å². The third kappa shape index (κ3) is 3.76. The van der Waals surface area contributed by atoms with Crippen molar-refractivity contribution in [2.75, 3.05) is 20.6 Å². The molecule has 1 amide bonds. The maximum absolute atomic E-state index is 12.3. The molecule has 8 heteroatoms. The van der Waals surface area contributed by atoms with Gasteiger partial charge in [0.25, 0.3) is 5.56 Å². The van der Waals surface area contributed by atoms with E-state index in [1.165, 1.54) is 21.8 Å². The van der Waals surface area contributed by atoms with Crippen molar-refractivity contribution < 1.29 is 4.79 Å². The molecule has 2 aromatic rings. The number of aromatic nitrogens is 4. The van der Waals surface area contributed by atoms with Gasteiger partial charge in [-0.1, -0.05) is 13.8 Å². The standard InChI is InChI=1S/C15H24N6O2/c1-10(2)12(19(3)4)7-16-13(22)8-21-9-17-14-11(15(21)23)6-18-20(14)5/h6,9-10,12H,7-8H2,1-5H3,(H,16,22). The summed E-state index contributed by atoms with van der Waals surface area (Å²) in [6.45, 7) is 4.72. The van der Waals surface area contributed by atoms with Crippen LogP contribution >= 0.6 is 0 Å². The monoisotopic (exact) mass is 320 g/mol. The second kappa shape index (κ2) is 6.91. The van der Waals surface area contributed by atoms with Gasteiger partial charge in [-0.3, -0.25) is 18.8 Å². The molecule has 0 bridgehead atoms. The van der Waals surface area contributed by atoms with Crippen LogP contribution in [-0.4, -0.2) is 56.8 Å². The van der Waals surface area contributed by atoms with E-state index in [1.54, 1.807) is 7.05 Å². The Bertz CT molecular complexity index is 738. The summed E-state index contributed by atoms with van der Waals surface area (Å²) in [6.07, 6.45) is 2.86. The molecular weight excluding hydrogens is 296 g/mol. The van der Waals surface area contributed by atoms with E-state index in [1.807, 2.05) is 14.1 Å². The lowest BCUT2D eigenvalue weighted by atomic mass is 10.0. The van der Waals surface area contributed by atoms with Crippen molar-refractivity contribution in [2.45, 2.75) is 26.4 Å². The molecule has 1 unspecified atom stereocenters. The summed E-state index contributed by atoms with van der Waals surface area (Å²) >= 11 is 0. The van der Waals surface area contributed by atoms with Crippen LogP contribution in [0.5, 0.6) is 0 Å². The summed E-state index contributed by atoms with van der Waals surface area (Å²) in [6, 6.07) is 0.245. The number of fused-ring (bicyclic) bond motifs is 1. The number of hydrogen-bond donors (Lipinski definition) is 1. The highest BCUT2D eigenvalue weighted by Gasteiger charge is 2.17. The molecule has 2 heterocycles. The second-order valence-corrected chi connectivity index (χ2v) is 6.26. The molecule has 0 aliphatic carbocycles. The zero-order chi connectivity index (χ0) is 17.1. The van der Waals surface area contributed by atoms with E-state index in [4.69, 9.17) is 0 Å². The lowest BCUT2D eigenvalue weighted by Crippen LogP contribution is -2.44. The quantitative estimate of drug-likeness (QED) is 0.799. The molecule has 2 rings (SSSR count). The summed E-state index contributed by atoms with van der Waals surface area (Å²) in [7, 11) is 5.70. The Morgan fingerprint density at radius 1 is 1.39 bits per heavy atom. The predicted octanol–water partition coefficient (Wildman–Crippen LogP) is -0.168. The van der Waals surface area contributed by atoms with Gasteiger partial charge in [0, 0.05) is 19.6 Å². The minimum atomic E-state index is -0.258. The highest BCUT2D eigenvalue weighted by Crippen LogP contribution is 2.06. The first kappa shape index (κ1) is 17.1. The van der Waals surface area contributed by atoms with Crippen LogP contribution in [0, 0.1) is 5.92 Å². The molecular formula is C15H24N6O2. The number of amides is 1. The van der Waals surface area contributed by atoms with Crippen molar-refractivity contribution in [1.82, 2.24) is 29.5 Å². The van der Waals surface area contributed by atoms with Crippen molar-refractivity contribution >= 4 is 16.9 Å². The van der Waals surface area contributed by atoms with Crippen LogP contribution < -0.4 is 10.9 Å². The molecule has 126 valence electrons. The molecule has 0 saturated carbocycles. The molecule has 0 aliphatic rings. The van der Waals surface area contributed by atoms with Crippen molar-refractivity contribution in [3.05, 3.63) is 22.9 Å². The fraction of sp³-hybridized carbons (Fsp3) is 0.600. The zero-order valence-electron chi connectivity index (χ0n) is 14.3. The smallest absolute Gasteiger partial charge is 0.264 e. The lowest BCUT2D eigenvalue weighted by Gasteiger charge is -2.28. The van der Waals surface area contributed by atoms with E-state index < -0.39 is 0 Å². The van der Waals surface area contributed by atoms with Crippen LogP contribution in [0.4, 0.5) is 0 Å². The molecule has 1 atom stereocenters. The normalized spacial score (nSPS) is 13.0. The predicted molar refractivity (Wildman–Crippen MR) is 88.1 cm³/mol. The molecule has 1 N–H and O–H groups in total. The molecule has 8 nitrogen and oxygen atoms in total. The molecule has 2 aromatic heterocycles. The average Bonchev–Trinajstić information content (AvgIpc) is 2.83. The van der Waals surface area contributed by atoms with Crippen LogP contribution in [0.3, 0.4) is 0 Å². The van der Waals surface area contributed by atoms with Gasteiger partial charge in [0.05, 0.1) is 6.20 Å². The summed E-state index contributed by atoms with van der Waals surface area (Å²) in [5.41, 5.74) is 0.255. The zero-order valence-corrected chi connectivity index (χ0v) is 14.3. The van der Waals surface area contributed by atoms with Gasteiger partial charge in [0.15, 0.2) is 5.65 Å². The number of carbonyl (C=O) groups excluding carboxylic acids is 1. The highest BCUT2D eigenvalue weighted by atomic mass is 16.2. The molecule has 0 saturated heterocycles. The fourth-order valence-electron chi connectivity index (χ4n) is 2.62. The van der Waals surface area contributed by atoms with E-state index in [0.29, 0.717) is 23.5 Å². The van der Waals surface area contributed by atoms with Crippen molar-refractivity contribution in [2.24, 2.45) is 13.0 Å². The maximum atomic E-state index is 12.3. The van der Waals surface area contributed by atoms with Crippen LogP contribution in [0.15, 0.2) is 17.3 Å². The van der Waals surface area contributed by atoms with E-state index >= 15 is 0 Å². The van der Waals surface area contributed by atoms with Crippen molar-refractivity contribution in [3.8, 4) is 0 Å². The average molecular weight is 320 g/mol. The van der Waals surface area contributed by atoms with Crippen LogP contribution in [-0.2, 0) is 18.4 Å². The Morgan fingerprint density at radius 2 is 2.09 bits per heavy atom. The minimum absolute atomic E-state index is 0.0467. The molecule has 0 aromatic carbocycles. The number of aryl methyl sites for hydroxylation is 1. The summed E-state index contributed by atoms with van der Waals surface area (Å²) in [4.78, 5) is 30.7. The van der Waals surface area contributed by atoms with Gasteiger partial charge in [-0.15, -0.1) is 0 Å². The number of nitrogens with zero attached hydrogens (tertiary/aromatic N) is 5. The first-order valence-electron chi connectivity index (χ1n) is 7.61. The summed E-state index contributed by atoms with van der Waals surface area (Å²) in [5.74, 6) is 0.214. The van der Waals surface area contributed by atoms with Gasteiger partial charge < -0.3 is 10.2 Å². The Morgan fingerprint density at radius 3 is 2.70 bits per heavy atom. The number of hydrogen-bond acceptors (Lipinski definition) is 5. The highest BCUT2D eigenvalue weighted by molar-refractivity contribution is 5.77. The SMILES string of the molecule is CC(C)C(CNC(=O)Cn1cnc2c(cnn2C)c1=O)N(C)C. The second-order valence-electron chi connectivity index (χ2n) is 6.26. The van der Waals surface area contributed by atoms with Gasteiger partial charge in [-0.05, 0) is 20.0 Å². The van der Waals surface area contributed by atoms with E-state index in [-0.39, 0.29) is 24.1 Å². The Kier molecular flexibility index (Phi) is 5.15. The van der Waals surface area contributed by atoms with Crippen molar-refractivity contribution in [3.63, 3.8) is 0 Å². The molecule has 0 aliphatic heterocycles. The fourth-order valence-corrected chi connectivity index (χ4v) is 2.62. The van der Waals surface area contributed by atoms with Gasteiger partial charge in [-0.2, -0.15) is 5.10 Å². The van der Waals surface area contributed by atoms with Crippen LogP contribution in [0.2, 0.25) is 0 Å². The summed E-state index contributed by atoms with van der Waals surface area (Å²) < 4.78 is 2.84. The van der Waals surface area contributed by atoms with E-state index in [2.05, 4.69) is 34.1 Å². The third-order valence-corrected chi connectivity index (χ3v) is 3.97. The third-order valence-electron chi connectivity index (χ3n) is 3.97. The van der Waals surface area contributed by atoms with Crippen LogP contribution in [0.1, 0.15) is 13.8 Å². The molecule has 0 radical (unpaired) electrons. The van der Waals surface area contributed by atoms with Crippen LogP contribution in [0.25, 0.3) is 11.0 Å². The lowest BCUT2D eigenvalue weighted by molar-refractivity contribution is -0.122. The van der Waals surface area contributed by atoms with Gasteiger partial charge >= 0.3 is 0 Å². The van der Waals surface area contributed by atoms with E-state index in [0.717, 1.165) is 0 Å². The first-order chi connectivity index (χ1) is 10.8. The van der Waals surface area contributed by atoms with Gasteiger partial charge in [0.2, 0.25) is 5.91 Å². The van der Waals surface area contributed by atoms with Crippen molar-refractivity contribution in [1.29, 1.82) is 0 Å². The topological polar surface area (TPSA) is 85.0 Å². The number of carbonyl (C=O) groups is 1. The molecule has 0 fully saturated rings. The Hall–Kier alpha value is -2.22. The first-order valence-corrected chi connectivity index (χ1v) is 7.61. The van der Waals surface area contributed by atoms with E-state index in [9.17, 15) is 9.59 Å². The molecule has 23 heavy (non-hydrogen) atoms. The van der Waals surface area contributed by atoms with Gasteiger partial charge in [-0.25, -0.2) is 4.98 Å². The Labute approximate surface area is 135 Å². The minimum Gasteiger partial charge on any atom is -0.353 e. The number of rotatable bonds is 6. The molecule has 0 spiro atoms. The number of nitrogens with one attached hydrogen (secondary N) is 1. The Balaban J connectivity index is 2.06. The summed E-state index contributed by atoms with van der Waals surface area (Å²) in [5, 5.41) is 7.31. The largest absolute Gasteiger partial charge is 0.353 e. The maximum Gasteiger partial charge on any atom is 0.264 e. The number of likely N-dealkylation sites (N-methyl/N-ethyl adjacent to an activating group) is 1.